The van der Waals surface area contributed by atoms with Gasteiger partial charge in [0, 0.05) is 22.9 Å². The molecule has 2 aromatic rings. The lowest BCUT2D eigenvalue weighted by Crippen LogP contribution is -2.09. The van der Waals surface area contributed by atoms with Crippen molar-refractivity contribution in [2.45, 2.75) is 33.4 Å². The first-order valence-corrected chi connectivity index (χ1v) is 7.01. The summed E-state index contributed by atoms with van der Waals surface area (Å²) in [6.45, 7) is 6.02. The zero-order valence-corrected chi connectivity index (χ0v) is 12.4. The van der Waals surface area contributed by atoms with Gasteiger partial charge < -0.3 is 5.32 Å². The highest BCUT2D eigenvalue weighted by molar-refractivity contribution is 9.10. The summed E-state index contributed by atoms with van der Waals surface area (Å²) in [6.07, 6.45) is 2.96. The van der Waals surface area contributed by atoms with E-state index >= 15 is 0 Å². The number of hydrogen-bond donors (Lipinski definition) is 1. The van der Waals surface area contributed by atoms with Gasteiger partial charge in [0.15, 0.2) is 0 Å². The third kappa shape index (κ3) is 2.93. The fourth-order valence-electron chi connectivity index (χ4n) is 1.89. The van der Waals surface area contributed by atoms with Crippen LogP contribution in [0.3, 0.4) is 0 Å². The number of rotatable bonds is 5. The number of halogens is 1. The summed E-state index contributed by atoms with van der Waals surface area (Å²) in [5, 5.41) is 7.77. The van der Waals surface area contributed by atoms with E-state index in [1.807, 2.05) is 6.20 Å². The van der Waals surface area contributed by atoms with Crippen molar-refractivity contribution in [1.82, 2.24) is 9.78 Å². The molecule has 3 nitrogen and oxygen atoms in total. The van der Waals surface area contributed by atoms with E-state index < -0.39 is 0 Å². The molecule has 1 aromatic heterocycles. The molecule has 0 aliphatic heterocycles. The minimum absolute atomic E-state index is 0.794. The largest absolute Gasteiger partial charge is 0.378 e. The van der Waals surface area contributed by atoms with Crippen molar-refractivity contribution in [2.75, 3.05) is 5.32 Å². The van der Waals surface area contributed by atoms with E-state index in [2.05, 4.69) is 69.1 Å². The first-order chi connectivity index (χ1) is 8.72. The van der Waals surface area contributed by atoms with E-state index in [4.69, 9.17) is 0 Å². The third-order valence-electron chi connectivity index (χ3n) is 2.89. The van der Waals surface area contributed by atoms with Gasteiger partial charge in [-0.05, 0) is 47.0 Å². The summed E-state index contributed by atoms with van der Waals surface area (Å²) >= 11 is 3.61. The molecular weight excluding hydrogens is 290 g/mol. The first-order valence-electron chi connectivity index (χ1n) is 6.22. The van der Waals surface area contributed by atoms with Crippen LogP contribution in [0.4, 0.5) is 5.69 Å². The Labute approximate surface area is 116 Å². The minimum atomic E-state index is 0.794. The van der Waals surface area contributed by atoms with E-state index in [0.29, 0.717) is 0 Å². The van der Waals surface area contributed by atoms with Gasteiger partial charge in [0.05, 0.1) is 12.2 Å². The molecule has 0 bridgehead atoms. The molecule has 0 fully saturated rings. The van der Waals surface area contributed by atoms with Gasteiger partial charge in [-0.25, -0.2) is 0 Å². The molecule has 1 N–H and O–H groups in total. The fraction of sp³-hybridized carbons (Fsp3) is 0.357. The van der Waals surface area contributed by atoms with Gasteiger partial charge >= 0.3 is 0 Å². The van der Waals surface area contributed by atoms with Crippen LogP contribution in [0.25, 0.3) is 0 Å². The Morgan fingerprint density at radius 3 is 2.94 bits per heavy atom. The maximum Gasteiger partial charge on any atom is 0.0575 e. The maximum atomic E-state index is 4.32. The van der Waals surface area contributed by atoms with Gasteiger partial charge in [0.25, 0.3) is 0 Å². The Hall–Kier alpha value is -1.29. The molecule has 0 aliphatic carbocycles. The molecule has 0 aliphatic rings. The molecule has 0 saturated heterocycles. The van der Waals surface area contributed by atoms with Crippen molar-refractivity contribution in [3.8, 4) is 0 Å². The van der Waals surface area contributed by atoms with E-state index in [0.717, 1.165) is 29.7 Å². The van der Waals surface area contributed by atoms with Crippen LogP contribution in [-0.2, 0) is 13.1 Å². The summed E-state index contributed by atoms with van der Waals surface area (Å²) in [6, 6.07) is 8.30. The Kier molecular flexibility index (Phi) is 4.42. The molecule has 96 valence electrons. The van der Waals surface area contributed by atoms with Crippen LogP contribution in [0.1, 0.15) is 24.6 Å². The Morgan fingerprint density at radius 1 is 1.33 bits per heavy atom. The van der Waals surface area contributed by atoms with Gasteiger partial charge in [-0.1, -0.05) is 19.1 Å². The molecule has 4 heteroatoms. The number of nitrogens with one attached hydrogen (secondary N) is 1. The molecule has 0 saturated carbocycles. The Morgan fingerprint density at radius 2 is 2.17 bits per heavy atom. The SMILES string of the molecule is CCCn1nccc1CNc1cccc(C)c1Br. The number of anilines is 1. The fourth-order valence-corrected chi connectivity index (χ4v) is 2.30. The smallest absolute Gasteiger partial charge is 0.0575 e. The van der Waals surface area contributed by atoms with Gasteiger partial charge in [-0.2, -0.15) is 5.10 Å². The Balaban J connectivity index is 2.07. The average Bonchev–Trinajstić information content (AvgIpc) is 2.79. The van der Waals surface area contributed by atoms with Crippen LogP contribution in [0.5, 0.6) is 0 Å². The van der Waals surface area contributed by atoms with E-state index in [9.17, 15) is 0 Å². The van der Waals surface area contributed by atoms with Crippen LogP contribution in [0.2, 0.25) is 0 Å². The average molecular weight is 308 g/mol. The van der Waals surface area contributed by atoms with Crippen molar-refractivity contribution in [3.05, 3.63) is 46.2 Å². The molecule has 0 amide bonds. The molecule has 0 atom stereocenters. The van der Waals surface area contributed by atoms with E-state index in [1.54, 1.807) is 0 Å². The van der Waals surface area contributed by atoms with Gasteiger partial charge in [-0.15, -0.1) is 0 Å². The molecule has 18 heavy (non-hydrogen) atoms. The summed E-state index contributed by atoms with van der Waals surface area (Å²) in [7, 11) is 0. The van der Waals surface area contributed by atoms with Crippen molar-refractivity contribution < 1.29 is 0 Å². The molecule has 0 radical (unpaired) electrons. The van der Waals surface area contributed by atoms with Crippen LogP contribution < -0.4 is 5.32 Å². The van der Waals surface area contributed by atoms with Crippen molar-refractivity contribution in [1.29, 1.82) is 0 Å². The zero-order chi connectivity index (χ0) is 13.0. The van der Waals surface area contributed by atoms with E-state index in [-0.39, 0.29) is 0 Å². The quantitative estimate of drug-likeness (QED) is 0.905. The van der Waals surface area contributed by atoms with Crippen LogP contribution >= 0.6 is 15.9 Å². The minimum Gasteiger partial charge on any atom is -0.378 e. The predicted octanol–water partition coefficient (Wildman–Crippen LogP) is 3.98. The number of aromatic nitrogens is 2. The maximum absolute atomic E-state index is 4.32. The summed E-state index contributed by atoms with van der Waals surface area (Å²) in [5.74, 6) is 0. The number of hydrogen-bond acceptors (Lipinski definition) is 2. The lowest BCUT2D eigenvalue weighted by atomic mass is 10.2. The highest BCUT2D eigenvalue weighted by Crippen LogP contribution is 2.26. The van der Waals surface area contributed by atoms with Crippen molar-refractivity contribution in [2.24, 2.45) is 0 Å². The molecule has 1 heterocycles. The monoisotopic (exact) mass is 307 g/mol. The van der Waals surface area contributed by atoms with Crippen LogP contribution in [0.15, 0.2) is 34.9 Å². The molecule has 2 rings (SSSR count). The molecule has 0 unspecified atom stereocenters. The van der Waals surface area contributed by atoms with Crippen LogP contribution in [-0.4, -0.2) is 9.78 Å². The summed E-state index contributed by atoms with van der Waals surface area (Å²) in [5.41, 5.74) is 3.58. The first kappa shape index (κ1) is 13.1. The normalized spacial score (nSPS) is 10.6. The van der Waals surface area contributed by atoms with Gasteiger partial charge in [-0.3, -0.25) is 4.68 Å². The predicted molar refractivity (Wildman–Crippen MR) is 78.7 cm³/mol. The van der Waals surface area contributed by atoms with Gasteiger partial charge in [0.1, 0.15) is 0 Å². The lowest BCUT2D eigenvalue weighted by molar-refractivity contribution is 0.578. The van der Waals surface area contributed by atoms with Crippen molar-refractivity contribution >= 4 is 21.6 Å². The van der Waals surface area contributed by atoms with Crippen molar-refractivity contribution in [3.63, 3.8) is 0 Å². The van der Waals surface area contributed by atoms with Gasteiger partial charge in [0.2, 0.25) is 0 Å². The highest BCUT2D eigenvalue weighted by Gasteiger charge is 2.04. The summed E-state index contributed by atoms with van der Waals surface area (Å²) in [4.78, 5) is 0. The number of aryl methyl sites for hydroxylation is 2. The second-order valence-electron chi connectivity index (χ2n) is 4.34. The molecular formula is C14H18BrN3. The zero-order valence-electron chi connectivity index (χ0n) is 10.8. The number of benzene rings is 1. The molecule has 1 aromatic carbocycles. The topological polar surface area (TPSA) is 29.9 Å². The Bertz CT molecular complexity index is 520. The summed E-state index contributed by atoms with van der Waals surface area (Å²) < 4.78 is 3.18. The second-order valence-corrected chi connectivity index (χ2v) is 5.13. The third-order valence-corrected chi connectivity index (χ3v) is 3.94. The number of nitrogens with zero attached hydrogens (tertiary/aromatic N) is 2. The van der Waals surface area contributed by atoms with Crippen LogP contribution in [0, 0.1) is 6.92 Å². The standard InChI is InChI=1S/C14H18BrN3/c1-3-9-18-12(7-8-17-18)10-16-13-6-4-5-11(2)14(13)15/h4-8,16H,3,9-10H2,1-2H3. The van der Waals surface area contributed by atoms with E-state index in [1.165, 1.54) is 11.3 Å². The second kappa shape index (κ2) is 6.05. The highest BCUT2D eigenvalue weighted by atomic mass is 79.9. The lowest BCUT2D eigenvalue weighted by Gasteiger charge is -2.11. The molecule has 0 spiro atoms.